The summed E-state index contributed by atoms with van der Waals surface area (Å²) in [6, 6.07) is 4.95. The van der Waals surface area contributed by atoms with E-state index in [2.05, 4.69) is 32.1 Å². The molecule has 0 aliphatic carbocycles. The number of guanidine groups is 1. The van der Waals surface area contributed by atoms with Gasteiger partial charge in [0.2, 0.25) is 0 Å². The topological polar surface area (TPSA) is 54.2 Å². The minimum absolute atomic E-state index is 0.190. The minimum atomic E-state index is -0.190. The maximum atomic E-state index is 13.5. The van der Waals surface area contributed by atoms with E-state index in [1.54, 1.807) is 17.8 Å². The zero-order valence-electron chi connectivity index (χ0n) is 16.5. The molecule has 2 N–H and O–H groups in total. The summed E-state index contributed by atoms with van der Waals surface area (Å²) in [6.07, 6.45) is 8.01. The Morgan fingerprint density at radius 2 is 2.11 bits per heavy atom. The van der Waals surface area contributed by atoms with Crippen molar-refractivity contribution in [1.82, 2.24) is 20.2 Å². The number of benzene rings is 1. The predicted molar refractivity (Wildman–Crippen MR) is 113 cm³/mol. The second-order valence-corrected chi connectivity index (χ2v) is 7.21. The molecule has 0 atom stereocenters. The summed E-state index contributed by atoms with van der Waals surface area (Å²) in [7, 11) is 0. The standard InChI is InChI=1S/C20H30FN5S/c1-4-22-20(24-9-5-6-11-26-12-10-23-16(26)2)25-14-17-7-8-19(21)13-18(17)15-27-3/h7-8,10,12-13H,4-6,9,11,14-15H2,1-3H3,(H2,22,24,25). The van der Waals surface area contributed by atoms with Gasteiger partial charge in [0.25, 0.3) is 0 Å². The van der Waals surface area contributed by atoms with Crippen molar-refractivity contribution in [1.29, 1.82) is 0 Å². The lowest BCUT2D eigenvalue weighted by Crippen LogP contribution is -2.37. The number of hydrogen-bond donors (Lipinski definition) is 2. The van der Waals surface area contributed by atoms with E-state index in [1.165, 1.54) is 6.07 Å². The van der Waals surface area contributed by atoms with E-state index in [4.69, 9.17) is 0 Å². The van der Waals surface area contributed by atoms with Gasteiger partial charge in [-0.3, -0.25) is 0 Å². The second-order valence-electron chi connectivity index (χ2n) is 6.34. The number of rotatable bonds is 10. The second kappa shape index (κ2) is 11.6. The first-order valence-corrected chi connectivity index (χ1v) is 10.8. The highest BCUT2D eigenvalue weighted by Crippen LogP contribution is 2.17. The molecule has 1 aromatic carbocycles. The number of halogens is 1. The van der Waals surface area contributed by atoms with Crippen LogP contribution in [0.25, 0.3) is 0 Å². The number of aromatic nitrogens is 2. The Morgan fingerprint density at radius 1 is 1.26 bits per heavy atom. The lowest BCUT2D eigenvalue weighted by Gasteiger charge is -2.13. The Morgan fingerprint density at radius 3 is 2.81 bits per heavy atom. The van der Waals surface area contributed by atoms with Crippen LogP contribution < -0.4 is 10.6 Å². The maximum Gasteiger partial charge on any atom is 0.191 e. The van der Waals surface area contributed by atoms with Crippen molar-refractivity contribution in [3.05, 3.63) is 53.4 Å². The van der Waals surface area contributed by atoms with Crippen LogP contribution in [0.2, 0.25) is 0 Å². The molecule has 0 aliphatic rings. The third-order valence-corrected chi connectivity index (χ3v) is 4.86. The highest BCUT2D eigenvalue weighted by atomic mass is 32.2. The number of hydrogen-bond acceptors (Lipinski definition) is 3. The van der Waals surface area contributed by atoms with Gasteiger partial charge >= 0.3 is 0 Å². The van der Waals surface area contributed by atoms with E-state index >= 15 is 0 Å². The average molecular weight is 392 g/mol. The summed E-state index contributed by atoms with van der Waals surface area (Å²) in [5, 5.41) is 6.66. The van der Waals surface area contributed by atoms with Gasteiger partial charge in [-0.1, -0.05) is 6.07 Å². The third kappa shape index (κ3) is 7.25. The fourth-order valence-corrected chi connectivity index (χ4v) is 3.38. The molecule has 0 saturated carbocycles. The molecule has 0 spiro atoms. The first-order chi connectivity index (χ1) is 13.1. The van der Waals surface area contributed by atoms with E-state index < -0.39 is 0 Å². The Hall–Kier alpha value is -2.02. The van der Waals surface area contributed by atoms with Gasteiger partial charge in [-0.05, 0) is 56.2 Å². The van der Waals surface area contributed by atoms with E-state index in [9.17, 15) is 4.39 Å². The molecular weight excluding hydrogens is 361 g/mol. The molecule has 0 fully saturated rings. The number of nitrogens with zero attached hydrogens (tertiary/aromatic N) is 3. The molecule has 0 saturated heterocycles. The van der Waals surface area contributed by atoms with Gasteiger partial charge in [0, 0.05) is 37.8 Å². The quantitative estimate of drug-likeness (QED) is 0.368. The van der Waals surface area contributed by atoms with Crippen LogP contribution in [0.1, 0.15) is 36.7 Å². The highest BCUT2D eigenvalue weighted by Gasteiger charge is 2.05. The summed E-state index contributed by atoms with van der Waals surface area (Å²) < 4.78 is 15.6. The number of nitrogens with one attached hydrogen (secondary N) is 2. The van der Waals surface area contributed by atoms with Gasteiger partial charge in [-0.25, -0.2) is 14.4 Å². The monoisotopic (exact) mass is 391 g/mol. The molecule has 2 rings (SSSR count). The van der Waals surface area contributed by atoms with Crippen molar-refractivity contribution in [3.63, 3.8) is 0 Å². The molecule has 0 radical (unpaired) electrons. The van der Waals surface area contributed by atoms with Gasteiger partial charge < -0.3 is 15.2 Å². The van der Waals surface area contributed by atoms with E-state index in [-0.39, 0.29) is 5.82 Å². The van der Waals surface area contributed by atoms with Crippen LogP contribution in [-0.2, 0) is 18.8 Å². The summed E-state index contributed by atoms with van der Waals surface area (Å²) in [5.41, 5.74) is 2.08. The van der Waals surface area contributed by atoms with Gasteiger partial charge in [-0.15, -0.1) is 0 Å². The van der Waals surface area contributed by atoms with Crippen molar-refractivity contribution < 1.29 is 4.39 Å². The Kier molecular flexibility index (Phi) is 9.18. The molecular formula is C20H30FN5S. The molecule has 5 nitrogen and oxygen atoms in total. The Bertz CT molecular complexity index is 729. The fourth-order valence-electron chi connectivity index (χ4n) is 2.80. The first kappa shape index (κ1) is 21.3. The third-order valence-electron chi connectivity index (χ3n) is 4.26. The SMILES string of the molecule is CCNC(=NCc1ccc(F)cc1CSC)NCCCCn1ccnc1C. The average Bonchev–Trinajstić information content (AvgIpc) is 3.05. The van der Waals surface area contributed by atoms with Gasteiger partial charge in [0.15, 0.2) is 5.96 Å². The van der Waals surface area contributed by atoms with Crippen LogP contribution in [0.4, 0.5) is 4.39 Å². The molecule has 0 amide bonds. The van der Waals surface area contributed by atoms with Crippen LogP contribution in [0.15, 0.2) is 35.6 Å². The van der Waals surface area contributed by atoms with Crippen molar-refractivity contribution >= 4 is 17.7 Å². The van der Waals surface area contributed by atoms with Gasteiger partial charge in [-0.2, -0.15) is 11.8 Å². The number of unbranched alkanes of at least 4 members (excludes halogenated alkanes) is 1. The van der Waals surface area contributed by atoms with Crippen LogP contribution in [-0.4, -0.2) is 34.9 Å². The molecule has 2 aromatic rings. The molecule has 27 heavy (non-hydrogen) atoms. The molecule has 0 bridgehead atoms. The van der Waals surface area contributed by atoms with E-state index in [0.717, 1.165) is 61.1 Å². The van der Waals surface area contributed by atoms with E-state index in [1.807, 2.05) is 31.6 Å². The van der Waals surface area contributed by atoms with Crippen LogP contribution in [0, 0.1) is 12.7 Å². The molecule has 1 aromatic heterocycles. The van der Waals surface area contributed by atoms with Crippen molar-refractivity contribution in [2.24, 2.45) is 4.99 Å². The normalized spacial score (nSPS) is 11.6. The number of imidazole rings is 1. The lowest BCUT2D eigenvalue weighted by atomic mass is 10.1. The molecule has 0 unspecified atom stereocenters. The molecule has 1 heterocycles. The summed E-state index contributed by atoms with van der Waals surface area (Å²) in [6.45, 7) is 7.27. The van der Waals surface area contributed by atoms with Crippen molar-refractivity contribution in [2.45, 2.75) is 45.5 Å². The number of aliphatic imine (C=N–C) groups is 1. The Balaban J connectivity index is 1.84. The molecule has 0 aliphatic heterocycles. The molecule has 148 valence electrons. The summed E-state index contributed by atoms with van der Waals surface area (Å²) in [4.78, 5) is 8.91. The number of aryl methyl sites for hydroxylation is 2. The first-order valence-electron chi connectivity index (χ1n) is 9.40. The van der Waals surface area contributed by atoms with Crippen LogP contribution >= 0.6 is 11.8 Å². The minimum Gasteiger partial charge on any atom is -0.357 e. The number of thioether (sulfide) groups is 1. The van der Waals surface area contributed by atoms with Crippen molar-refractivity contribution in [2.75, 3.05) is 19.3 Å². The smallest absolute Gasteiger partial charge is 0.191 e. The van der Waals surface area contributed by atoms with Crippen LogP contribution in [0.3, 0.4) is 0 Å². The van der Waals surface area contributed by atoms with Crippen LogP contribution in [0.5, 0.6) is 0 Å². The lowest BCUT2D eigenvalue weighted by molar-refractivity contribution is 0.588. The maximum absolute atomic E-state index is 13.5. The fraction of sp³-hybridized carbons (Fsp3) is 0.500. The molecule has 7 heteroatoms. The zero-order valence-corrected chi connectivity index (χ0v) is 17.3. The largest absolute Gasteiger partial charge is 0.357 e. The van der Waals surface area contributed by atoms with Gasteiger partial charge in [0.05, 0.1) is 6.54 Å². The van der Waals surface area contributed by atoms with Gasteiger partial charge in [0.1, 0.15) is 11.6 Å². The highest BCUT2D eigenvalue weighted by molar-refractivity contribution is 7.97. The van der Waals surface area contributed by atoms with E-state index in [0.29, 0.717) is 6.54 Å². The van der Waals surface area contributed by atoms with Crippen molar-refractivity contribution in [3.8, 4) is 0 Å². The summed E-state index contributed by atoms with van der Waals surface area (Å²) in [5.74, 6) is 2.46. The summed E-state index contributed by atoms with van der Waals surface area (Å²) >= 11 is 1.69. The zero-order chi connectivity index (χ0) is 19.5. The predicted octanol–water partition coefficient (Wildman–Crippen LogP) is 3.73. The Labute approximate surface area is 165 Å².